The molecule has 0 amide bonds. The Labute approximate surface area is 105 Å². The molecule has 1 aromatic rings. The number of aromatic nitrogens is 2. The van der Waals surface area contributed by atoms with E-state index in [9.17, 15) is 9.90 Å². The lowest BCUT2D eigenvalue weighted by Crippen LogP contribution is -2.31. The van der Waals surface area contributed by atoms with Crippen LogP contribution in [0, 0.1) is 13.8 Å². The van der Waals surface area contributed by atoms with Crippen molar-refractivity contribution in [2.45, 2.75) is 32.7 Å². The summed E-state index contributed by atoms with van der Waals surface area (Å²) >= 11 is 0. The summed E-state index contributed by atoms with van der Waals surface area (Å²) in [5, 5.41) is 20.3. The number of aromatic carboxylic acids is 1. The lowest BCUT2D eigenvalue weighted by atomic mass is 10.1. The third kappa shape index (κ3) is 2.59. The minimum Gasteiger partial charge on any atom is -0.478 e. The van der Waals surface area contributed by atoms with Crippen LogP contribution in [0.5, 0.6) is 0 Å². The first-order valence-electron chi connectivity index (χ1n) is 6.01. The van der Waals surface area contributed by atoms with Gasteiger partial charge >= 0.3 is 5.97 Å². The van der Waals surface area contributed by atoms with Crippen molar-refractivity contribution in [2.75, 3.05) is 18.5 Å². The molecule has 2 heterocycles. The first-order valence-corrected chi connectivity index (χ1v) is 6.01. The molecule has 1 aromatic heterocycles. The van der Waals surface area contributed by atoms with E-state index in [4.69, 9.17) is 4.74 Å². The fourth-order valence-corrected chi connectivity index (χ4v) is 2.02. The second-order valence-corrected chi connectivity index (χ2v) is 4.50. The topological polar surface area (TPSA) is 84.3 Å². The minimum atomic E-state index is -0.982. The normalized spacial score (nSPS) is 19.6. The number of nitrogens with zero attached hydrogens (tertiary/aromatic N) is 2. The predicted molar refractivity (Wildman–Crippen MR) is 65.9 cm³/mol. The number of ether oxygens (including phenoxy) is 1. The fraction of sp³-hybridized carbons (Fsp3) is 0.583. The maximum Gasteiger partial charge on any atom is 0.339 e. The molecule has 0 spiro atoms. The molecule has 0 aliphatic carbocycles. The molecular formula is C12H17N3O3. The monoisotopic (exact) mass is 251 g/mol. The number of hydrogen-bond acceptors (Lipinski definition) is 5. The number of carboxylic acid groups (broad SMARTS) is 1. The Morgan fingerprint density at radius 2 is 2.22 bits per heavy atom. The molecule has 0 aromatic carbocycles. The second kappa shape index (κ2) is 5.30. The van der Waals surface area contributed by atoms with E-state index in [0.29, 0.717) is 23.7 Å². The quantitative estimate of drug-likeness (QED) is 0.844. The maximum atomic E-state index is 11.3. The van der Waals surface area contributed by atoms with Crippen LogP contribution in [-0.2, 0) is 4.74 Å². The number of carboxylic acids is 1. The molecule has 2 rings (SSSR count). The molecule has 0 bridgehead atoms. The Bertz CT molecular complexity index is 456. The average Bonchev–Trinajstić information content (AvgIpc) is 2.35. The van der Waals surface area contributed by atoms with Crippen molar-refractivity contribution < 1.29 is 14.6 Å². The Kier molecular flexibility index (Phi) is 3.76. The molecule has 1 fully saturated rings. The van der Waals surface area contributed by atoms with Crippen LogP contribution in [0.2, 0.25) is 0 Å². The Balaban J connectivity index is 2.26. The predicted octanol–water partition coefficient (Wildman–Crippen LogP) is 1.38. The highest BCUT2D eigenvalue weighted by molar-refractivity contribution is 5.94. The molecule has 6 heteroatoms. The van der Waals surface area contributed by atoms with Gasteiger partial charge in [0, 0.05) is 6.61 Å². The van der Waals surface area contributed by atoms with Crippen molar-refractivity contribution in [3.8, 4) is 0 Å². The number of carbonyl (C=O) groups is 1. The van der Waals surface area contributed by atoms with Crippen molar-refractivity contribution >= 4 is 11.8 Å². The van der Waals surface area contributed by atoms with Crippen LogP contribution in [0.25, 0.3) is 0 Å². The summed E-state index contributed by atoms with van der Waals surface area (Å²) in [4.78, 5) is 11.3. The van der Waals surface area contributed by atoms with E-state index < -0.39 is 5.97 Å². The smallest absolute Gasteiger partial charge is 0.339 e. The maximum absolute atomic E-state index is 11.3. The summed E-state index contributed by atoms with van der Waals surface area (Å²) in [5.41, 5.74) is 1.49. The summed E-state index contributed by atoms with van der Waals surface area (Å²) in [7, 11) is 0. The highest BCUT2D eigenvalue weighted by atomic mass is 16.5. The summed E-state index contributed by atoms with van der Waals surface area (Å²) in [6.07, 6.45) is 1.92. The van der Waals surface area contributed by atoms with Gasteiger partial charge in [-0.15, -0.1) is 5.10 Å². The van der Waals surface area contributed by atoms with Crippen LogP contribution in [0.3, 0.4) is 0 Å². The van der Waals surface area contributed by atoms with E-state index in [0.717, 1.165) is 19.4 Å². The van der Waals surface area contributed by atoms with E-state index >= 15 is 0 Å². The summed E-state index contributed by atoms with van der Waals surface area (Å²) < 4.78 is 5.35. The zero-order valence-electron chi connectivity index (χ0n) is 10.6. The Morgan fingerprint density at radius 1 is 1.44 bits per heavy atom. The lowest BCUT2D eigenvalue weighted by Gasteiger charge is -2.24. The van der Waals surface area contributed by atoms with Crippen LogP contribution < -0.4 is 5.32 Å². The van der Waals surface area contributed by atoms with Gasteiger partial charge in [-0.1, -0.05) is 0 Å². The number of nitrogens with one attached hydrogen (secondary N) is 1. The SMILES string of the molecule is Cc1nnc(NC2CCCOC2)c(C(=O)O)c1C. The van der Waals surface area contributed by atoms with Gasteiger partial charge in [-0.3, -0.25) is 0 Å². The van der Waals surface area contributed by atoms with E-state index in [1.807, 2.05) is 0 Å². The van der Waals surface area contributed by atoms with Gasteiger partial charge in [0.25, 0.3) is 0 Å². The molecule has 18 heavy (non-hydrogen) atoms. The average molecular weight is 251 g/mol. The molecule has 1 aliphatic rings. The van der Waals surface area contributed by atoms with Gasteiger partial charge in [-0.25, -0.2) is 4.79 Å². The highest BCUT2D eigenvalue weighted by Crippen LogP contribution is 2.20. The zero-order valence-corrected chi connectivity index (χ0v) is 10.6. The third-order valence-electron chi connectivity index (χ3n) is 3.17. The van der Waals surface area contributed by atoms with E-state index in [2.05, 4.69) is 15.5 Å². The van der Waals surface area contributed by atoms with Crippen molar-refractivity contribution in [2.24, 2.45) is 0 Å². The van der Waals surface area contributed by atoms with E-state index in [1.165, 1.54) is 0 Å². The van der Waals surface area contributed by atoms with Gasteiger partial charge in [0.1, 0.15) is 5.56 Å². The molecule has 6 nitrogen and oxygen atoms in total. The second-order valence-electron chi connectivity index (χ2n) is 4.50. The van der Waals surface area contributed by atoms with Crippen molar-refractivity contribution in [1.82, 2.24) is 10.2 Å². The number of anilines is 1. The van der Waals surface area contributed by atoms with Crippen molar-refractivity contribution in [1.29, 1.82) is 0 Å². The van der Waals surface area contributed by atoms with E-state index in [-0.39, 0.29) is 11.6 Å². The van der Waals surface area contributed by atoms with Crippen LogP contribution in [0.4, 0.5) is 5.82 Å². The lowest BCUT2D eigenvalue weighted by molar-refractivity contribution is 0.0695. The number of rotatable bonds is 3. The van der Waals surface area contributed by atoms with E-state index in [1.54, 1.807) is 13.8 Å². The Morgan fingerprint density at radius 3 is 2.83 bits per heavy atom. The van der Waals surface area contributed by atoms with Gasteiger partial charge < -0.3 is 15.2 Å². The van der Waals surface area contributed by atoms with Crippen molar-refractivity contribution in [3.63, 3.8) is 0 Å². The minimum absolute atomic E-state index is 0.105. The van der Waals surface area contributed by atoms with Gasteiger partial charge in [0.2, 0.25) is 0 Å². The van der Waals surface area contributed by atoms with Gasteiger partial charge in [0.15, 0.2) is 5.82 Å². The first-order chi connectivity index (χ1) is 8.59. The molecule has 0 saturated carbocycles. The van der Waals surface area contributed by atoms with Crippen LogP contribution in [0.15, 0.2) is 0 Å². The van der Waals surface area contributed by atoms with Gasteiger partial charge in [-0.2, -0.15) is 5.10 Å². The number of aryl methyl sites for hydroxylation is 1. The molecule has 0 radical (unpaired) electrons. The standard InChI is InChI=1S/C12H17N3O3/c1-7-8(2)14-15-11(10(7)12(16)17)13-9-4-3-5-18-6-9/h9H,3-6H2,1-2H3,(H,13,15)(H,16,17). The van der Waals surface area contributed by atoms with Crippen LogP contribution in [0.1, 0.15) is 34.5 Å². The highest BCUT2D eigenvalue weighted by Gasteiger charge is 2.21. The van der Waals surface area contributed by atoms with Crippen LogP contribution in [-0.4, -0.2) is 40.5 Å². The molecule has 1 aliphatic heterocycles. The largest absolute Gasteiger partial charge is 0.478 e. The molecule has 1 atom stereocenters. The Hall–Kier alpha value is -1.69. The summed E-state index contributed by atoms with van der Waals surface area (Å²) in [6.45, 7) is 4.84. The zero-order chi connectivity index (χ0) is 13.1. The molecular weight excluding hydrogens is 234 g/mol. The third-order valence-corrected chi connectivity index (χ3v) is 3.17. The molecule has 2 N–H and O–H groups in total. The van der Waals surface area contributed by atoms with Gasteiger partial charge in [-0.05, 0) is 32.3 Å². The van der Waals surface area contributed by atoms with Crippen LogP contribution >= 0.6 is 0 Å². The van der Waals surface area contributed by atoms with Gasteiger partial charge in [0.05, 0.1) is 18.3 Å². The molecule has 1 saturated heterocycles. The van der Waals surface area contributed by atoms with Crippen molar-refractivity contribution in [3.05, 3.63) is 16.8 Å². The fourth-order valence-electron chi connectivity index (χ4n) is 2.02. The summed E-state index contributed by atoms with van der Waals surface area (Å²) in [5.74, 6) is -0.647. The number of hydrogen-bond donors (Lipinski definition) is 2. The molecule has 1 unspecified atom stereocenters. The first kappa shape index (κ1) is 12.8. The molecule has 98 valence electrons. The summed E-state index contributed by atoms with van der Waals surface area (Å²) in [6, 6.07) is 0.105.